The molecule has 2 N–H and O–H groups in total. The number of aromatic nitrogens is 1. The van der Waals surface area contributed by atoms with Gasteiger partial charge in [-0.1, -0.05) is 50.3 Å². The van der Waals surface area contributed by atoms with Crippen LogP contribution in [0.2, 0.25) is 0 Å². The van der Waals surface area contributed by atoms with E-state index < -0.39 is 6.09 Å². The molecular weight excluding hydrogens is 394 g/mol. The number of anilines is 2. The van der Waals surface area contributed by atoms with Crippen molar-refractivity contribution >= 4 is 38.2 Å². The summed E-state index contributed by atoms with van der Waals surface area (Å²) in [6.07, 6.45) is 8.72. The minimum absolute atomic E-state index is 0.428. The lowest BCUT2D eigenvalue weighted by molar-refractivity contribution is 0.205. The molecule has 1 fully saturated rings. The van der Waals surface area contributed by atoms with Crippen LogP contribution >= 0.6 is 11.3 Å². The molecule has 158 valence electrons. The molecule has 2 aromatic heterocycles. The summed E-state index contributed by atoms with van der Waals surface area (Å²) in [6, 6.07) is 13.9. The van der Waals surface area contributed by atoms with Gasteiger partial charge < -0.3 is 10.4 Å². The number of nitrogens with one attached hydrogen (secondary N) is 1. The number of fused-ring (bicyclic) bond motifs is 1. The van der Waals surface area contributed by atoms with Gasteiger partial charge in [-0.25, -0.2) is 9.69 Å². The van der Waals surface area contributed by atoms with Crippen LogP contribution in [0, 0.1) is 5.92 Å². The predicted octanol–water partition coefficient (Wildman–Crippen LogP) is 6.56. The van der Waals surface area contributed by atoms with Gasteiger partial charge >= 0.3 is 6.09 Å². The number of carboxylic acid groups (broad SMARTS) is 1. The first kappa shape index (κ1) is 20.8. The molecule has 0 saturated heterocycles. The Labute approximate surface area is 181 Å². The number of amides is 1. The number of thiophene rings is 1. The van der Waals surface area contributed by atoms with Crippen LogP contribution in [-0.4, -0.2) is 22.2 Å². The molecule has 3 aromatic rings. The molecule has 5 nitrogen and oxygen atoms in total. The Morgan fingerprint density at radius 2 is 2.03 bits per heavy atom. The molecule has 0 spiro atoms. The third kappa shape index (κ3) is 4.99. The molecule has 2 heterocycles. The zero-order valence-electron chi connectivity index (χ0n) is 17.4. The van der Waals surface area contributed by atoms with Crippen molar-refractivity contribution in [3.8, 4) is 0 Å². The van der Waals surface area contributed by atoms with Gasteiger partial charge in [-0.15, -0.1) is 11.3 Å². The number of hydrogen-bond donors (Lipinski definition) is 2. The summed E-state index contributed by atoms with van der Waals surface area (Å²) >= 11 is 1.48. The van der Waals surface area contributed by atoms with Crippen LogP contribution in [0.15, 0.2) is 48.7 Å². The highest BCUT2D eigenvalue weighted by molar-refractivity contribution is 7.23. The summed E-state index contributed by atoms with van der Waals surface area (Å²) < 4.78 is 1.08. The fraction of sp³-hybridized carbons (Fsp3) is 0.417. The third-order valence-electron chi connectivity index (χ3n) is 5.93. The van der Waals surface area contributed by atoms with Crippen molar-refractivity contribution < 1.29 is 9.90 Å². The van der Waals surface area contributed by atoms with Crippen LogP contribution in [0.4, 0.5) is 15.5 Å². The summed E-state index contributed by atoms with van der Waals surface area (Å²) in [4.78, 5) is 17.9. The van der Waals surface area contributed by atoms with E-state index in [-0.39, 0.29) is 0 Å². The highest BCUT2D eigenvalue weighted by Gasteiger charge is 2.20. The van der Waals surface area contributed by atoms with Crippen molar-refractivity contribution in [1.29, 1.82) is 0 Å². The maximum absolute atomic E-state index is 12.1. The smallest absolute Gasteiger partial charge is 0.417 e. The number of hydrogen-bond acceptors (Lipinski definition) is 4. The number of pyridine rings is 1. The summed E-state index contributed by atoms with van der Waals surface area (Å²) in [5.74, 6) is 0.830. The largest absolute Gasteiger partial charge is 0.464 e. The highest BCUT2D eigenvalue weighted by atomic mass is 32.1. The molecule has 1 amide bonds. The van der Waals surface area contributed by atoms with Crippen molar-refractivity contribution in [2.24, 2.45) is 5.92 Å². The first-order valence-corrected chi connectivity index (χ1v) is 11.6. The van der Waals surface area contributed by atoms with Crippen molar-refractivity contribution in [3.05, 3.63) is 54.4 Å². The van der Waals surface area contributed by atoms with E-state index in [0.717, 1.165) is 21.7 Å². The second-order valence-electron chi connectivity index (χ2n) is 8.27. The summed E-state index contributed by atoms with van der Waals surface area (Å²) in [6.45, 7) is 2.88. The Kier molecular flexibility index (Phi) is 6.65. The molecule has 1 unspecified atom stereocenters. The van der Waals surface area contributed by atoms with E-state index in [1.54, 1.807) is 12.3 Å². The van der Waals surface area contributed by atoms with Crippen LogP contribution in [0.5, 0.6) is 0 Å². The molecule has 0 bridgehead atoms. The second kappa shape index (κ2) is 9.58. The number of benzene rings is 1. The van der Waals surface area contributed by atoms with Crippen molar-refractivity contribution in [2.75, 3.05) is 4.90 Å². The van der Waals surface area contributed by atoms with Crippen LogP contribution in [0.25, 0.3) is 10.1 Å². The van der Waals surface area contributed by atoms with Gasteiger partial charge in [0.1, 0.15) is 5.00 Å². The third-order valence-corrected chi connectivity index (χ3v) is 7.03. The Balaban J connectivity index is 1.46. The second-order valence-corrected chi connectivity index (χ2v) is 9.33. The molecular formula is C24H29N3O2S. The molecule has 6 heteroatoms. The molecule has 0 aliphatic heterocycles. The zero-order valence-corrected chi connectivity index (χ0v) is 18.2. The standard InChI is InChI=1S/C24H29N3O2S/c1-17(13-18-7-3-2-4-8-18)26-16-20-15-21(11-12-25-20)27(24(28)29)23-14-19-9-5-6-10-22(19)30-23/h5-6,9-12,14-15,17-18,26H,2-4,7-8,13,16H2,1H3,(H,28,29). The number of carbonyl (C=O) groups is 1. The van der Waals surface area contributed by atoms with Gasteiger partial charge in [-0.3, -0.25) is 4.98 Å². The van der Waals surface area contributed by atoms with Crippen LogP contribution < -0.4 is 10.2 Å². The lowest BCUT2D eigenvalue weighted by Gasteiger charge is -2.25. The van der Waals surface area contributed by atoms with Gasteiger partial charge in [0, 0.05) is 23.5 Å². The Morgan fingerprint density at radius 1 is 1.23 bits per heavy atom. The lowest BCUT2D eigenvalue weighted by atomic mass is 9.85. The first-order chi connectivity index (χ1) is 14.6. The predicted molar refractivity (Wildman–Crippen MR) is 124 cm³/mol. The number of rotatable bonds is 7. The maximum Gasteiger partial charge on any atom is 0.417 e. The van der Waals surface area contributed by atoms with Crippen molar-refractivity contribution in [2.45, 2.75) is 58.0 Å². The Morgan fingerprint density at radius 3 is 2.80 bits per heavy atom. The number of nitrogens with zero attached hydrogens (tertiary/aromatic N) is 2. The maximum atomic E-state index is 12.1. The highest BCUT2D eigenvalue weighted by Crippen LogP contribution is 2.36. The minimum atomic E-state index is -0.989. The van der Waals surface area contributed by atoms with Gasteiger partial charge in [0.05, 0.1) is 11.4 Å². The molecule has 1 aliphatic rings. The van der Waals surface area contributed by atoms with E-state index in [1.807, 2.05) is 36.4 Å². The topological polar surface area (TPSA) is 65.5 Å². The van der Waals surface area contributed by atoms with Crippen LogP contribution in [0.1, 0.15) is 51.1 Å². The van der Waals surface area contributed by atoms with Crippen molar-refractivity contribution in [1.82, 2.24) is 10.3 Å². The van der Waals surface area contributed by atoms with E-state index in [1.165, 1.54) is 54.8 Å². The van der Waals surface area contributed by atoms with E-state index in [0.29, 0.717) is 23.3 Å². The Hall–Kier alpha value is -2.44. The van der Waals surface area contributed by atoms with Gasteiger partial charge in [-0.2, -0.15) is 0 Å². The van der Waals surface area contributed by atoms with Crippen molar-refractivity contribution in [3.63, 3.8) is 0 Å². The van der Waals surface area contributed by atoms with E-state index in [4.69, 9.17) is 0 Å². The molecule has 1 atom stereocenters. The molecule has 30 heavy (non-hydrogen) atoms. The molecule has 0 radical (unpaired) electrons. The molecule has 4 rings (SSSR count). The lowest BCUT2D eigenvalue weighted by Crippen LogP contribution is -2.29. The zero-order chi connectivity index (χ0) is 20.9. The summed E-state index contributed by atoms with van der Waals surface area (Å²) in [5.41, 5.74) is 1.48. The minimum Gasteiger partial charge on any atom is -0.464 e. The molecule has 1 aliphatic carbocycles. The SMILES string of the molecule is CC(CC1CCCCC1)NCc1cc(N(C(=O)O)c2cc3ccccc3s2)ccn1. The quantitative estimate of drug-likeness (QED) is 0.451. The first-order valence-electron chi connectivity index (χ1n) is 10.8. The normalized spacial score (nSPS) is 15.9. The van der Waals surface area contributed by atoms with Crippen LogP contribution in [0.3, 0.4) is 0 Å². The van der Waals surface area contributed by atoms with E-state index in [9.17, 15) is 9.90 Å². The molecule has 1 saturated carbocycles. The van der Waals surface area contributed by atoms with Gasteiger partial charge in [0.2, 0.25) is 0 Å². The fourth-order valence-electron chi connectivity index (χ4n) is 4.40. The average Bonchev–Trinajstić information content (AvgIpc) is 3.16. The van der Waals surface area contributed by atoms with E-state index >= 15 is 0 Å². The van der Waals surface area contributed by atoms with Crippen LogP contribution in [-0.2, 0) is 6.54 Å². The summed E-state index contributed by atoms with van der Waals surface area (Å²) in [7, 11) is 0. The summed E-state index contributed by atoms with van der Waals surface area (Å²) in [5, 5.41) is 15.2. The van der Waals surface area contributed by atoms with Gasteiger partial charge in [0.25, 0.3) is 0 Å². The average molecular weight is 424 g/mol. The fourth-order valence-corrected chi connectivity index (χ4v) is 5.47. The van der Waals surface area contributed by atoms with Gasteiger partial charge in [-0.05, 0) is 48.9 Å². The molecule has 1 aromatic carbocycles. The monoisotopic (exact) mass is 423 g/mol. The Bertz CT molecular complexity index is 964. The van der Waals surface area contributed by atoms with Gasteiger partial charge in [0.15, 0.2) is 0 Å². The van der Waals surface area contributed by atoms with E-state index in [2.05, 4.69) is 17.2 Å².